The molecule has 20 heavy (non-hydrogen) atoms. The van der Waals surface area contributed by atoms with Gasteiger partial charge in [-0.05, 0) is 69.9 Å². The lowest BCUT2D eigenvalue weighted by Crippen LogP contribution is -2.48. The third kappa shape index (κ3) is 4.21. The highest BCUT2D eigenvalue weighted by atomic mass is 15.1. The van der Waals surface area contributed by atoms with Crippen molar-refractivity contribution in [3.05, 3.63) is 0 Å². The molecule has 2 saturated carbocycles. The molecule has 2 nitrogen and oxygen atoms in total. The van der Waals surface area contributed by atoms with Crippen molar-refractivity contribution >= 4 is 0 Å². The summed E-state index contributed by atoms with van der Waals surface area (Å²) in [6, 6.07) is 0.847. The van der Waals surface area contributed by atoms with E-state index >= 15 is 0 Å². The van der Waals surface area contributed by atoms with Crippen LogP contribution in [0.2, 0.25) is 0 Å². The lowest BCUT2D eigenvalue weighted by Gasteiger charge is -2.45. The Morgan fingerprint density at radius 3 is 2.05 bits per heavy atom. The maximum absolute atomic E-state index is 3.48. The van der Waals surface area contributed by atoms with Crippen molar-refractivity contribution in [3.8, 4) is 0 Å². The van der Waals surface area contributed by atoms with Crippen molar-refractivity contribution in [3.63, 3.8) is 0 Å². The van der Waals surface area contributed by atoms with Crippen LogP contribution in [0, 0.1) is 17.3 Å². The molecule has 0 atom stereocenters. The number of hydrogen-bond donors (Lipinski definition) is 1. The van der Waals surface area contributed by atoms with Crippen LogP contribution in [-0.2, 0) is 0 Å². The van der Waals surface area contributed by atoms with E-state index in [4.69, 9.17) is 0 Å². The van der Waals surface area contributed by atoms with Crippen LogP contribution in [0.15, 0.2) is 0 Å². The minimum Gasteiger partial charge on any atom is -0.319 e. The zero-order valence-corrected chi connectivity index (χ0v) is 14.3. The topological polar surface area (TPSA) is 15.3 Å². The van der Waals surface area contributed by atoms with E-state index in [0.717, 1.165) is 17.9 Å². The predicted octanol–water partition coefficient (Wildman–Crippen LogP) is 3.91. The third-order valence-corrected chi connectivity index (χ3v) is 6.08. The van der Waals surface area contributed by atoms with E-state index in [0.29, 0.717) is 5.41 Å². The summed E-state index contributed by atoms with van der Waals surface area (Å²) in [7, 11) is 4.51. The molecule has 0 amide bonds. The fraction of sp³-hybridized carbons (Fsp3) is 1.00. The lowest BCUT2D eigenvalue weighted by molar-refractivity contribution is 0.0648. The summed E-state index contributed by atoms with van der Waals surface area (Å²) in [5.74, 6) is 1.90. The Hall–Kier alpha value is -0.0800. The molecule has 1 N–H and O–H groups in total. The van der Waals surface area contributed by atoms with Crippen molar-refractivity contribution in [1.82, 2.24) is 10.2 Å². The highest BCUT2D eigenvalue weighted by molar-refractivity contribution is 4.90. The molecule has 118 valence electrons. The summed E-state index contributed by atoms with van der Waals surface area (Å²) in [5, 5.41) is 3.48. The standard InChI is InChI=1S/C18H36N2/c1-15-5-7-17(8-6-15)20(4)14-18(13-19-3)11-9-16(2)10-12-18/h15-17,19H,5-14H2,1-4H3. The Balaban J connectivity index is 1.90. The smallest absolute Gasteiger partial charge is 0.00926 e. The molecule has 0 aromatic rings. The molecule has 0 aromatic carbocycles. The highest BCUT2D eigenvalue weighted by Crippen LogP contribution is 2.40. The first-order valence-corrected chi connectivity index (χ1v) is 8.89. The maximum atomic E-state index is 3.48. The van der Waals surface area contributed by atoms with Crippen LogP contribution in [-0.4, -0.2) is 38.1 Å². The van der Waals surface area contributed by atoms with E-state index in [-0.39, 0.29) is 0 Å². The van der Waals surface area contributed by atoms with Gasteiger partial charge in [0.25, 0.3) is 0 Å². The van der Waals surface area contributed by atoms with E-state index in [1.807, 2.05) is 0 Å². The molecular weight excluding hydrogens is 244 g/mol. The minimum absolute atomic E-state index is 0.541. The Morgan fingerprint density at radius 1 is 0.950 bits per heavy atom. The summed E-state index contributed by atoms with van der Waals surface area (Å²) in [4.78, 5) is 2.71. The minimum atomic E-state index is 0.541. The molecule has 2 fully saturated rings. The molecule has 0 unspecified atom stereocenters. The van der Waals surface area contributed by atoms with Gasteiger partial charge >= 0.3 is 0 Å². The second kappa shape index (κ2) is 7.26. The van der Waals surface area contributed by atoms with Crippen LogP contribution >= 0.6 is 0 Å². The second-order valence-electron chi connectivity index (χ2n) is 8.04. The molecule has 0 heterocycles. The van der Waals surface area contributed by atoms with Crippen molar-refractivity contribution in [1.29, 1.82) is 0 Å². The number of nitrogens with one attached hydrogen (secondary N) is 1. The molecule has 0 bridgehead atoms. The van der Waals surface area contributed by atoms with E-state index in [9.17, 15) is 0 Å². The van der Waals surface area contributed by atoms with Crippen molar-refractivity contribution < 1.29 is 0 Å². The average molecular weight is 280 g/mol. The first-order chi connectivity index (χ1) is 9.54. The summed E-state index contributed by atoms with van der Waals surface area (Å²) >= 11 is 0. The number of rotatable bonds is 5. The lowest BCUT2D eigenvalue weighted by atomic mass is 9.70. The monoisotopic (exact) mass is 280 g/mol. The molecule has 0 aromatic heterocycles. The Kier molecular flexibility index (Phi) is 5.92. The van der Waals surface area contributed by atoms with Gasteiger partial charge in [-0.3, -0.25) is 0 Å². The molecule has 0 spiro atoms. The number of nitrogens with zero attached hydrogens (tertiary/aromatic N) is 1. The van der Waals surface area contributed by atoms with Gasteiger partial charge in [0, 0.05) is 19.1 Å². The van der Waals surface area contributed by atoms with Gasteiger partial charge in [0.05, 0.1) is 0 Å². The molecule has 2 aliphatic carbocycles. The molecule has 2 rings (SSSR count). The van der Waals surface area contributed by atoms with Crippen LogP contribution < -0.4 is 5.32 Å². The Bertz CT molecular complexity index is 273. The zero-order valence-electron chi connectivity index (χ0n) is 14.3. The normalized spacial score (nSPS) is 39.1. The maximum Gasteiger partial charge on any atom is 0.00926 e. The van der Waals surface area contributed by atoms with E-state index < -0.39 is 0 Å². The van der Waals surface area contributed by atoms with Crippen LogP contribution in [0.1, 0.15) is 65.2 Å². The quantitative estimate of drug-likeness (QED) is 0.821. The predicted molar refractivity (Wildman–Crippen MR) is 88.0 cm³/mol. The van der Waals surface area contributed by atoms with Gasteiger partial charge < -0.3 is 10.2 Å². The molecular formula is C18H36N2. The van der Waals surface area contributed by atoms with Gasteiger partial charge in [-0.2, -0.15) is 0 Å². The molecule has 0 radical (unpaired) electrons. The summed E-state index contributed by atoms with van der Waals surface area (Å²) < 4.78 is 0. The molecule has 0 aliphatic heterocycles. The largest absolute Gasteiger partial charge is 0.319 e. The number of hydrogen-bond acceptors (Lipinski definition) is 2. The molecule has 0 saturated heterocycles. The van der Waals surface area contributed by atoms with Gasteiger partial charge in [0.1, 0.15) is 0 Å². The summed E-state index contributed by atoms with van der Waals surface area (Å²) in [6.45, 7) is 7.35. The van der Waals surface area contributed by atoms with E-state index in [1.165, 1.54) is 64.5 Å². The SMILES string of the molecule is CNCC1(CN(C)C2CCC(C)CC2)CCC(C)CC1. The van der Waals surface area contributed by atoms with Gasteiger partial charge in [0.15, 0.2) is 0 Å². The van der Waals surface area contributed by atoms with Crippen molar-refractivity contribution in [2.45, 2.75) is 71.3 Å². The first-order valence-electron chi connectivity index (χ1n) is 8.89. The van der Waals surface area contributed by atoms with Crippen molar-refractivity contribution in [2.75, 3.05) is 27.2 Å². The van der Waals surface area contributed by atoms with Crippen LogP contribution in [0.3, 0.4) is 0 Å². The third-order valence-electron chi connectivity index (χ3n) is 6.08. The Labute approximate surface area is 126 Å². The average Bonchev–Trinajstić information content (AvgIpc) is 2.43. The van der Waals surface area contributed by atoms with E-state index in [1.54, 1.807) is 0 Å². The first kappa shape index (κ1) is 16.3. The fourth-order valence-corrected chi connectivity index (χ4v) is 4.48. The van der Waals surface area contributed by atoms with Crippen LogP contribution in [0.4, 0.5) is 0 Å². The van der Waals surface area contributed by atoms with Crippen LogP contribution in [0.25, 0.3) is 0 Å². The fourth-order valence-electron chi connectivity index (χ4n) is 4.48. The van der Waals surface area contributed by atoms with E-state index in [2.05, 4.69) is 38.2 Å². The molecule has 2 heteroatoms. The highest BCUT2D eigenvalue weighted by Gasteiger charge is 2.36. The second-order valence-corrected chi connectivity index (χ2v) is 8.04. The summed E-state index contributed by atoms with van der Waals surface area (Å²) in [6.07, 6.45) is 11.4. The zero-order chi connectivity index (χ0) is 14.6. The van der Waals surface area contributed by atoms with Gasteiger partial charge in [-0.25, -0.2) is 0 Å². The van der Waals surface area contributed by atoms with Gasteiger partial charge in [-0.15, -0.1) is 0 Å². The summed E-state index contributed by atoms with van der Waals surface area (Å²) in [5.41, 5.74) is 0.541. The van der Waals surface area contributed by atoms with Gasteiger partial charge in [0.2, 0.25) is 0 Å². The van der Waals surface area contributed by atoms with Gasteiger partial charge in [-0.1, -0.05) is 26.7 Å². The molecule has 2 aliphatic rings. The van der Waals surface area contributed by atoms with Crippen LogP contribution in [0.5, 0.6) is 0 Å². The Morgan fingerprint density at radius 2 is 1.50 bits per heavy atom. The van der Waals surface area contributed by atoms with Crippen molar-refractivity contribution in [2.24, 2.45) is 17.3 Å².